The molecule has 0 bridgehead atoms. The third-order valence-corrected chi connectivity index (χ3v) is 3.97. The fourth-order valence-electron chi connectivity index (χ4n) is 2.87. The van der Waals surface area contributed by atoms with Crippen LogP contribution in [0.25, 0.3) is 0 Å². The molecular weight excluding hydrogens is 280 g/mol. The number of ether oxygens (including phenoxy) is 1. The highest BCUT2D eigenvalue weighted by atomic mass is 16.5. The summed E-state index contributed by atoms with van der Waals surface area (Å²) in [6.07, 6.45) is 2.59. The number of nitrogens with one attached hydrogen (secondary N) is 2. The van der Waals surface area contributed by atoms with Crippen LogP contribution in [0.5, 0.6) is 0 Å². The minimum atomic E-state index is 0.282. The number of aliphatic imine (C=N–C) groups is 1. The number of aromatic nitrogens is 1. The van der Waals surface area contributed by atoms with Crippen LogP contribution in [0.1, 0.15) is 49.6 Å². The van der Waals surface area contributed by atoms with Gasteiger partial charge in [0.05, 0.1) is 11.8 Å². The number of aryl methyl sites for hydroxylation is 2. The Morgan fingerprint density at radius 2 is 2.23 bits per heavy atom. The minimum absolute atomic E-state index is 0.282. The summed E-state index contributed by atoms with van der Waals surface area (Å²) in [5.41, 5.74) is 2.12. The second kappa shape index (κ2) is 8.17. The van der Waals surface area contributed by atoms with Gasteiger partial charge in [-0.3, -0.25) is 4.99 Å². The molecule has 2 unspecified atom stereocenters. The van der Waals surface area contributed by atoms with Crippen LogP contribution >= 0.6 is 0 Å². The molecule has 6 nitrogen and oxygen atoms in total. The van der Waals surface area contributed by atoms with Crippen molar-refractivity contribution in [3.8, 4) is 0 Å². The van der Waals surface area contributed by atoms with Crippen LogP contribution in [-0.2, 0) is 4.74 Å². The maximum atomic E-state index is 5.63. The fraction of sp³-hybridized carbons (Fsp3) is 0.750. The van der Waals surface area contributed by atoms with E-state index in [0.717, 1.165) is 50.0 Å². The van der Waals surface area contributed by atoms with E-state index in [1.807, 2.05) is 13.8 Å². The molecule has 1 aromatic rings. The van der Waals surface area contributed by atoms with Gasteiger partial charge in [-0.05, 0) is 33.6 Å². The Hall–Kier alpha value is -1.56. The molecule has 1 aliphatic heterocycles. The largest absolute Gasteiger partial charge is 0.376 e. The highest BCUT2D eigenvalue weighted by Gasteiger charge is 2.17. The van der Waals surface area contributed by atoms with E-state index in [-0.39, 0.29) is 5.92 Å². The molecule has 0 spiro atoms. The maximum Gasteiger partial charge on any atom is 0.191 e. The first-order valence-electron chi connectivity index (χ1n) is 8.18. The number of rotatable bonds is 6. The van der Waals surface area contributed by atoms with Crippen molar-refractivity contribution in [1.82, 2.24) is 15.8 Å². The summed E-state index contributed by atoms with van der Waals surface area (Å²) in [7, 11) is 0. The van der Waals surface area contributed by atoms with E-state index in [4.69, 9.17) is 9.26 Å². The van der Waals surface area contributed by atoms with Crippen molar-refractivity contribution in [2.45, 2.75) is 52.6 Å². The van der Waals surface area contributed by atoms with Gasteiger partial charge in [0.1, 0.15) is 5.76 Å². The molecule has 0 radical (unpaired) electrons. The van der Waals surface area contributed by atoms with Crippen LogP contribution in [0.2, 0.25) is 0 Å². The monoisotopic (exact) mass is 308 g/mol. The van der Waals surface area contributed by atoms with E-state index in [0.29, 0.717) is 12.6 Å². The van der Waals surface area contributed by atoms with Gasteiger partial charge in [-0.15, -0.1) is 0 Å². The fourth-order valence-corrected chi connectivity index (χ4v) is 2.87. The first-order chi connectivity index (χ1) is 10.6. The molecule has 2 rings (SSSR count). The van der Waals surface area contributed by atoms with Gasteiger partial charge in [0.25, 0.3) is 0 Å². The Morgan fingerprint density at radius 3 is 2.82 bits per heavy atom. The summed E-state index contributed by atoms with van der Waals surface area (Å²) in [5.74, 6) is 2.01. The smallest absolute Gasteiger partial charge is 0.191 e. The Morgan fingerprint density at radius 1 is 1.41 bits per heavy atom. The lowest BCUT2D eigenvalue weighted by atomic mass is 10.00. The van der Waals surface area contributed by atoms with E-state index in [1.165, 1.54) is 5.56 Å². The van der Waals surface area contributed by atoms with Gasteiger partial charge < -0.3 is 19.9 Å². The van der Waals surface area contributed by atoms with Crippen molar-refractivity contribution in [3.63, 3.8) is 0 Å². The molecule has 1 saturated heterocycles. The number of hydrogen-bond acceptors (Lipinski definition) is 4. The lowest BCUT2D eigenvalue weighted by Crippen LogP contribution is -2.41. The van der Waals surface area contributed by atoms with Crippen LogP contribution in [0.3, 0.4) is 0 Å². The Labute approximate surface area is 132 Å². The predicted molar refractivity (Wildman–Crippen MR) is 87.3 cm³/mol. The molecule has 0 aliphatic carbocycles. The molecule has 6 heteroatoms. The van der Waals surface area contributed by atoms with E-state index in [1.54, 1.807) is 0 Å². The Kier molecular flexibility index (Phi) is 6.24. The average Bonchev–Trinajstić information content (AvgIpc) is 3.12. The number of guanidine groups is 1. The van der Waals surface area contributed by atoms with Crippen LogP contribution in [0, 0.1) is 13.8 Å². The van der Waals surface area contributed by atoms with Crippen molar-refractivity contribution in [2.75, 3.05) is 26.2 Å². The topological polar surface area (TPSA) is 71.7 Å². The van der Waals surface area contributed by atoms with Crippen LogP contribution < -0.4 is 10.6 Å². The summed E-state index contributed by atoms with van der Waals surface area (Å²) >= 11 is 0. The third kappa shape index (κ3) is 4.47. The van der Waals surface area contributed by atoms with Crippen molar-refractivity contribution < 1.29 is 9.26 Å². The van der Waals surface area contributed by atoms with Gasteiger partial charge in [-0.25, -0.2) is 0 Å². The quantitative estimate of drug-likeness (QED) is 0.622. The first-order valence-corrected chi connectivity index (χ1v) is 8.18. The predicted octanol–water partition coefficient (Wildman–Crippen LogP) is 2.13. The Balaban J connectivity index is 1.91. The molecule has 1 aromatic heterocycles. The molecule has 0 saturated carbocycles. The SMILES string of the molecule is CCNC(=NCC(C)c1c(C)noc1C)NCC1CCCO1. The zero-order valence-electron chi connectivity index (χ0n) is 14.1. The average molecular weight is 308 g/mol. The second-order valence-corrected chi connectivity index (χ2v) is 5.87. The van der Waals surface area contributed by atoms with Gasteiger partial charge in [-0.2, -0.15) is 0 Å². The molecule has 22 heavy (non-hydrogen) atoms. The van der Waals surface area contributed by atoms with Gasteiger partial charge in [0, 0.05) is 37.7 Å². The highest BCUT2D eigenvalue weighted by Crippen LogP contribution is 2.23. The van der Waals surface area contributed by atoms with E-state index in [9.17, 15) is 0 Å². The molecule has 1 aliphatic rings. The summed E-state index contributed by atoms with van der Waals surface area (Å²) in [5, 5.41) is 10.7. The van der Waals surface area contributed by atoms with Gasteiger partial charge in [0.15, 0.2) is 5.96 Å². The molecule has 0 amide bonds. The summed E-state index contributed by atoms with van der Waals surface area (Å²) in [6.45, 7) is 11.4. The molecule has 2 heterocycles. The molecule has 2 N–H and O–H groups in total. The lowest BCUT2D eigenvalue weighted by Gasteiger charge is -2.16. The van der Waals surface area contributed by atoms with E-state index in [2.05, 4.69) is 34.6 Å². The normalized spacial score (nSPS) is 20.2. The van der Waals surface area contributed by atoms with Crippen molar-refractivity contribution in [3.05, 3.63) is 17.0 Å². The number of nitrogens with zero attached hydrogens (tertiary/aromatic N) is 2. The third-order valence-electron chi connectivity index (χ3n) is 3.97. The zero-order valence-corrected chi connectivity index (χ0v) is 14.1. The molecule has 1 fully saturated rings. The van der Waals surface area contributed by atoms with E-state index < -0.39 is 0 Å². The maximum absolute atomic E-state index is 5.63. The Bertz CT molecular complexity index is 473. The summed E-state index contributed by atoms with van der Waals surface area (Å²) in [6, 6.07) is 0. The van der Waals surface area contributed by atoms with Crippen molar-refractivity contribution >= 4 is 5.96 Å². The second-order valence-electron chi connectivity index (χ2n) is 5.87. The minimum Gasteiger partial charge on any atom is -0.376 e. The van der Waals surface area contributed by atoms with Gasteiger partial charge in [0.2, 0.25) is 0 Å². The summed E-state index contributed by atoms with van der Waals surface area (Å²) < 4.78 is 10.9. The van der Waals surface area contributed by atoms with Crippen molar-refractivity contribution in [1.29, 1.82) is 0 Å². The van der Waals surface area contributed by atoms with Crippen molar-refractivity contribution in [2.24, 2.45) is 4.99 Å². The standard InChI is InChI=1S/C16H28N4O2/c1-5-17-16(19-10-14-7-6-8-21-14)18-9-11(2)15-12(3)20-22-13(15)4/h11,14H,5-10H2,1-4H3,(H2,17,18,19). The number of hydrogen-bond donors (Lipinski definition) is 2. The molecular formula is C16H28N4O2. The van der Waals surface area contributed by atoms with Crippen LogP contribution in [-0.4, -0.2) is 43.5 Å². The van der Waals surface area contributed by atoms with Crippen LogP contribution in [0.4, 0.5) is 0 Å². The summed E-state index contributed by atoms with van der Waals surface area (Å²) in [4.78, 5) is 4.68. The zero-order chi connectivity index (χ0) is 15.9. The molecule has 2 atom stereocenters. The molecule has 0 aromatic carbocycles. The lowest BCUT2D eigenvalue weighted by molar-refractivity contribution is 0.114. The van der Waals surface area contributed by atoms with Gasteiger partial charge >= 0.3 is 0 Å². The van der Waals surface area contributed by atoms with E-state index >= 15 is 0 Å². The van der Waals surface area contributed by atoms with Gasteiger partial charge in [-0.1, -0.05) is 12.1 Å². The van der Waals surface area contributed by atoms with Crippen LogP contribution in [0.15, 0.2) is 9.52 Å². The molecule has 124 valence electrons. The highest BCUT2D eigenvalue weighted by molar-refractivity contribution is 5.79. The first kappa shape index (κ1) is 16.8.